The molecule has 1 aromatic carbocycles. The number of hydrogen-bond acceptors (Lipinski definition) is 1. The predicted octanol–water partition coefficient (Wildman–Crippen LogP) is 2.91. The molecule has 0 aromatic heterocycles. The molecule has 1 nitrogen and oxygen atoms in total. The minimum Gasteiger partial charge on any atom is -0.508 e. The topological polar surface area (TPSA) is 20.2 Å². The molecule has 1 rings (SSSR count). The molecule has 2 heteroatoms. The lowest BCUT2D eigenvalue weighted by Gasteiger charge is -2.09. The molecule has 0 bridgehead atoms. The second kappa shape index (κ2) is 4.26. The molecular formula is C11H15FO. The highest BCUT2D eigenvalue weighted by Gasteiger charge is 2.03. The molecule has 0 aliphatic rings. The van der Waals surface area contributed by atoms with Gasteiger partial charge >= 0.3 is 0 Å². The summed E-state index contributed by atoms with van der Waals surface area (Å²) in [7, 11) is 0. The number of rotatable bonds is 3. The minimum absolute atomic E-state index is 0.278. The van der Waals surface area contributed by atoms with Crippen molar-refractivity contribution in [2.24, 2.45) is 0 Å². The number of phenolic OH excluding ortho intramolecular Hbond substituents is 1. The molecule has 1 aromatic rings. The van der Waals surface area contributed by atoms with Crippen LogP contribution in [0.1, 0.15) is 23.1 Å². The van der Waals surface area contributed by atoms with E-state index in [0.717, 1.165) is 23.1 Å². The van der Waals surface area contributed by atoms with Gasteiger partial charge in [0.15, 0.2) is 0 Å². The van der Waals surface area contributed by atoms with Crippen molar-refractivity contribution in [3.8, 4) is 5.75 Å². The number of halogens is 1. The molecule has 13 heavy (non-hydrogen) atoms. The maximum atomic E-state index is 12.0. The first-order valence-electron chi connectivity index (χ1n) is 4.50. The minimum atomic E-state index is -0.278. The lowest BCUT2D eigenvalue weighted by molar-refractivity contribution is 0.469. The van der Waals surface area contributed by atoms with Crippen LogP contribution in [0.4, 0.5) is 4.39 Å². The Morgan fingerprint density at radius 1 is 1.23 bits per heavy atom. The van der Waals surface area contributed by atoms with Crippen molar-refractivity contribution in [2.75, 3.05) is 6.67 Å². The number of alkyl halides is 1. The fourth-order valence-corrected chi connectivity index (χ4v) is 1.61. The molecule has 0 aliphatic heterocycles. The lowest BCUT2D eigenvalue weighted by atomic mass is 9.98. The van der Waals surface area contributed by atoms with Crippen molar-refractivity contribution < 1.29 is 9.50 Å². The molecule has 0 saturated carbocycles. The Morgan fingerprint density at radius 3 is 2.23 bits per heavy atom. The van der Waals surface area contributed by atoms with Crippen LogP contribution in [-0.4, -0.2) is 11.8 Å². The predicted molar refractivity (Wildman–Crippen MR) is 51.9 cm³/mol. The summed E-state index contributed by atoms with van der Waals surface area (Å²) >= 11 is 0. The zero-order chi connectivity index (χ0) is 9.84. The Bertz CT molecular complexity index is 271. The molecule has 0 fully saturated rings. The van der Waals surface area contributed by atoms with Gasteiger partial charge in [-0.25, -0.2) is 0 Å². The Balaban J connectivity index is 2.92. The SMILES string of the molecule is Cc1cc(O)cc(C)c1CCCF. The largest absolute Gasteiger partial charge is 0.508 e. The average molecular weight is 182 g/mol. The van der Waals surface area contributed by atoms with Gasteiger partial charge in [0.2, 0.25) is 0 Å². The molecule has 0 unspecified atom stereocenters. The van der Waals surface area contributed by atoms with Gasteiger partial charge in [-0.3, -0.25) is 4.39 Å². The van der Waals surface area contributed by atoms with Crippen molar-refractivity contribution in [2.45, 2.75) is 26.7 Å². The zero-order valence-corrected chi connectivity index (χ0v) is 8.10. The Kier molecular flexibility index (Phi) is 3.29. The number of phenols is 1. The van der Waals surface area contributed by atoms with Crippen LogP contribution in [0.3, 0.4) is 0 Å². The monoisotopic (exact) mass is 182 g/mol. The number of aromatic hydroxyl groups is 1. The molecule has 0 aliphatic carbocycles. The van der Waals surface area contributed by atoms with Crippen molar-refractivity contribution in [1.29, 1.82) is 0 Å². The van der Waals surface area contributed by atoms with E-state index < -0.39 is 0 Å². The van der Waals surface area contributed by atoms with E-state index >= 15 is 0 Å². The van der Waals surface area contributed by atoms with Gasteiger partial charge in [-0.15, -0.1) is 0 Å². The number of benzene rings is 1. The maximum absolute atomic E-state index is 12.0. The van der Waals surface area contributed by atoms with Gasteiger partial charge in [-0.1, -0.05) is 0 Å². The molecule has 0 heterocycles. The molecular weight excluding hydrogens is 167 g/mol. The highest BCUT2D eigenvalue weighted by atomic mass is 19.1. The number of aryl methyl sites for hydroxylation is 2. The highest BCUT2D eigenvalue weighted by molar-refractivity contribution is 5.40. The van der Waals surface area contributed by atoms with E-state index in [1.165, 1.54) is 0 Å². The summed E-state index contributed by atoms with van der Waals surface area (Å²) in [6, 6.07) is 3.45. The zero-order valence-electron chi connectivity index (χ0n) is 8.10. The average Bonchev–Trinajstić information content (AvgIpc) is 2.02. The Labute approximate surface area is 78.2 Å². The van der Waals surface area contributed by atoms with Crippen LogP contribution in [-0.2, 0) is 6.42 Å². The summed E-state index contributed by atoms with van der Waals surface area (Å²) in [5, 5.41) is 9.27. The normalized spacial score (nSPS) is 10.4. The van der Waals surface area contributed by atoms with Crippen LogP contribution in [0.15, 0.2) is 12.1 Å². The third kappa shape index (κ3) is 2.44. The fourth-order valence-electron chi connectivity index (χ4n) is 1.61. The van der Waals surface area contributed by atoms with Gasteiger partial charge in [0, 0.05) is 0 Å². The maximum Gasteiger partial charge on any atom is 0.116 e. The van der Waals surface area contributed by atoms with Gasteiger partial charge in [0.1, 0.15) is 5.75 Å². The standard InChI is InChI=1S/C11H15FO/c1-8-6-10(13)7-9(2)11(8)4-3-5-12/h6-7,13H,3-5H2,1-2H3. The summed E-state index contributed by atoms with van der Waals surface area (Å²) in [6.07, 6.45) is 1.32. The van der Waals surface area contributed by atoms with Crippen LogP contribution in [0.25, 0.3) is 0 Å². The van der Waals surface area contributed by atoms with E-state index in [0.29, 0.717) is 12.2 Å². The van der Waals surface area contributed by atoms with E-state index in [1.807, 2.05) is 13.8 Å². The molecule has 0 spiro atoms. The summed E-state index contributed by atoms with van der Waals surface area (Å²) in [4.78, 5) is 0. The molecule has 0 saturated heterocycles. The van der Waals surface area contributed by atoms with Crippen LogP contribution in [0.2, 0.25) is 0 Å². The first kappa shape index (κ1) is 10.0. The van der Waals surface area contributed by atoms with E-state index in [9.17, 15) is 9.50 Å². The molecule has 0 amide bonds. The van der Waals surface area contributed by atoms with Gasteiger partial charge in [-0.05, 0) is 55.5 Å². The smallest absolute Gasteiger partial charge is 0.116 e. The highest BCUT2D eigenvalue weighted by Crippen LogP contribution is 2.21. The first-order chi connectivity index (χ1) is 6.15. The Morgan fingerprint density at radius 2 is 1.77 bits per heavy atom. The van der Waals surface area contributed by atoms with E-state index in [-0.39, 0.29) is 6.67 Å². The van der Waals surface area contributed by atoms with Crippen LogP contribution in [0, 0.1) is 13.8 Å². The van der Waals surface area contributed by atoms with Gasteiger partial charge in [0.25, 0.3) is 0 Å². The number of hydrogen-bond donors (Lipinski definition) is 1. The first-order valence-corrected chi connectivity index (χ1v) is 4.50. The molecule has 1 N–H and O–H groups in total. The summed E-state index contributed by atoms with van der Waals surface area (Å²) in [5.74, 6) is 0.291. The lowest BCUT2D eigenvalue weighted by Crippen LogP contribution is -1.94. The second-order valence-electron chi connectivity index (χ2n) is 3.35. The van der Waals surface area contributed by atoms with Crippen molar-refractivity contribution in [1.82, 2.24) is 0 Å². The Hall–Kier alpha value is -1.05. The summed E-state index contributed by atoms with van der Waals surface area (Å²) in [6.45, 7) is 3.61. The summed E-state index contributed by atoms with van der Waals surface area (Å²) < 4.78 is 12.0. The van der Waals surface area contributed by atoms with Crippen molar-refractivity contribution in [3.05, 3.63) is 28.8 Å². The summed E-state index contributed by atoms with van der Waals surface area (Å²) in [5.41, 5.74) is 3.26. The third-order valence-corrected chi connectivity index (χ3v) is 2.24. The van der Waals surface area contributed by atoms with Crippen molar-refractivity contribution >= 4 is 0 Å². The van der Waals surface area contributed by atoms with Crippen LogP contribution in [0.5, 0.6) is 5.75 Å². The second-order valence-corrected chi connectivity index (χ2v) is 3.35. The molecule has 0 atom stereocenters. The van der Waals surface area contributed by atoms with Crippen molar-refractivity contribution in [3.63, 3.8) is 0 Å². The van der Waals surface area contributed by atoms with E-state index in [1.54, 1.807) is 12.1 Å². The van der Waals surface area contributed by atoms with E-state index in [2.05, 4.69) is 0 Å². The van der Waals surface area contributed by atoms with Gasteiger partial charge in [0.05, 0.1) is 6.67 Å². The quantitative estimate of drug-likeness (QED) is 0.762. The fraction of sp³-hybridized carbons (Fsp3) is 0.455. The third-order valence-electron chi connectivity index (χ3n) is 2.24. The van der Waals surface area contributed by atoms with E-state index in [4.69, 9.17) is 0 Å². The van der Waals surface area contributed by atoms with Gasteiger partial charge in [-0.2, -0.15) is 0 Å². The molecule has 0 radical (unpaired) electrons. The van der Waals surface area contributed by atoms with Crippen LogP contribution >= 0.6 is 0 Å². The van der Waals surface area contributed by atoms with Gasteiger partial charge < -0.3 is 5.11 Å². The van der Waals surface area contributed by atoms with Crippen LogP contribution < -0.4 is 0 Å². The molecule has 72 valence electrons.